The van der Waals surface area contributed by atoms with E-state index < -0.39 is 16.0 Å². The minimum Gasteiger partial charge on any atom is -0.492 e. The Bertz CT molecular complexity index is 558. The van der Waals surface area contributed by atoms with Crippen molar-refractivity contribution in [3.8, 4) is 5.75 Å². The Kier molecular flexibility index (Phi) is 5.59. The van der Waals surface area contributed by atoms with Crippen LogP contribution >= 0.6 is 11.6 Å². The number of nitrogens with two attached hydrogens (primary N) is 1. The predicted molar refractivity (Wildman–Crippen MR) is 69.8 cm³/mol. The second-order valence-corrected chi connectivity index (χ2v) is 5.80. The molecule has 19 heavy (non-hydrogen) atoms. The summed E-state index contributed by atoms with van der Waals surface area (Å²) in [7, 11) is -3.92. The molecule has 6 nitrogen and oxygen atoms in total. The monoisotopic (exact) mass is 307 g/mol. The third kappa shape index (κ3) is 5.46. The highest BCUT2D eigenvalue weighted by molar-refractivity contribution is 7.89. The van der Waals surface area contributed by atoms with E-state index in [4.69, 9.17) is 26.6 Å². The SMILES string of the molecule is NS(=O)(=O)c1cc(Cl)ccc1OCCCCC(=O)O. The second kappa shape index (κ2) is 6.74. The van der Waals surface area contributed by atoms with Gasteiger partial charge < -0.3 is 9.84 Å². The third-order valence-corrected chi connectivity index (χ3v) is 3.42. The molecule has 3 N–H and O–H groups in total. The smallest absolute Gasteiger partial charge is 0.303 e. The standard InChI is InChI=1S/C11H14ClNO5S/c12-8-4-5-9(10(7-8)19(13,16)17)18-6-2-1-3-11(14)15/h4-5,7H,1-3,6H2,(H,14,15)(H2,13,16,17). The first-order valence-electron chi connectivity index (χ1n) is 5.47. The molecule has 0 saturated heterocycles. The quantitative estimate of drug-likeness (QED) is 0.744. The lowest BCUT2D eigenvalue weighted by Crippen LogP contribution is -2.14. The fraction of sp³-hybridized carbons (Fsp3) is 0.364. The number of hydrogen-bond acceptors (Lipinski definition) is 4. The van der Waals surface area contributed by atoms with E-state index in [9.17, 15) is 13.2 Å². The van der Waals surface area contributed by atoms with Crippen LogP contribution in [0.4, 0.5) is 0 Å². The Morgan fingerprint density at radius 1 is 1.37 bits per heavy atom. The van der Waals surface area contributed by atoms with Gasteiger partial charge in [-0.1, -0.05) is 11.6 Å². The Morgan fingerprint density at radius 3 is 2.63 bits per heavy atom. The Labute approximate surface area is 116 Å². The number of carboxylic acids is 1. The molecular weight excluding hydrogens is 294 g/mol. The van der Waals surface area contributed by atoms with Gasteiger partial charge in [-0.2, -0.15) is 0 Å². The molecule has 0 aromatic heterocycles. The van der Waals surface area contributed by atoms with Crippen molar-refractivity contribution < 1.29 is 23.1 Å². The molecule has 106 valence electrons. The molecule has 0 saturated carbocycles. The van der Waals surface area contributed by atoms with E-state index in [0.29, 0.717) is 12.8 Å². The maximum Gasteiger partial charge on any atom is 0.303 e. The molecule has 0 spiro atoms. The molecule has 0 unspecified atom stereocenters. The van der Waals surface area contributed by atoms with Gasteiger partial charge in [0.05, 0.1) is 6.61 Å². The molecule has 0 bridgehead atoms. The van der Waals surface area contributed by atoms with E-state index in [0.717, 1.165) is 0 Å². The first-order chi connectivity index (χ1) is 8.80. The van der Waals surface area contributed by atoms with Crippen LogP contribution < -0.4 is 9.88 Å². The van der Waals surface area contributed by atoms with E-state index >= 15 is 0 Å². The Morgan fingerprint density at radius 2 is 2.05 bits per heavy atom. The molecule has 0 amide bonds. The van der Waals surface area contributed by atoms with Crippen LogP contribution in [0.5, 0.6) is 5.75 Å². The number of aliphatic carboxylic acids is 1. The summed E-state index contributed by atoms with van der Waals surface area (Å²) in [4.78, 5) is 10.1. The number of unbranched alkanes of at least 4 members (excludes halogenated alkanes) is 1. The van der Waals surface area contributed by atoms with Crippen LogP contribution in [0.15, 0.2) is 23.1 Å². The molecule has 1 aromatic rings. The summed E-state index contributed by atoms with van der Waals surface area (Å²) in [6.07, 6.45) is 0.999. The molecule has 0 atom stereocenters. The first kappa shape index (κ1) is 15.7. The zero-order chi connectivity index (χ0) is 14.5. The summed E-state index contributed by atoms with van der Waals surface area (Å²) in [5.74, 6) is -0.765. The molecule has 1 aromatic carbocycles. The van der Waals surface area contributed by atoms with Gasteiger partial charge in [0.15, 0.2) is 0 Å². The van der Waals surface area contributed by atoms with Crippen LogP contribution in [0.25, 0.3) is 0 Å². The average molecular weight is 308 g/mol. The van der Waals surface area contributed by atoms with E-state index in [2.05, 4.69) is 0 Å². The van der Waals surface area contributed by atoms with Crippen molar-refractivity contribution in [2.75, 3.05) is 6.61 Å². The third-order valence-electron chi connectivity index (χ3n) is 2.25. The molecule has 0 radical (unpaired) electrons. The summed E-state index contributed by atoms with van der Waals surface area (Å²) in [5.41, 5.74) is 0. The zero-order valence-corrected chi connectivity index (χ0v) is 11.6. The molecular formula is C11H14ClNO5S. The predicted octanol–water partition coefficient (Wildman–Crippen LogP) is 1.62. The molecule has 0 heterocycles. The van der Waals surface area contributed by atoms with E-state index in [1.807, 2.05) is 0 Å². The van der Waals surface area contributed by atoms with Crippen LogP contribution in [0.3, 0.4) is 0 Å². The number of carbonyl (C=O) groups is 1. The topological polar surface area (TPSA) is 107 Å². The van der Waals surface area contributed by atoms with Crippen molar-refractivity contribution in [3.05, 3.63) is 23.2 Å². The van der Waals surface area contributed by atoms with Crippen molar-refractivity contribution in [2.24, 2.45) is 5.14 Å². The number of primary sulfonamides is 1. The molecule has 0 fully saturated rings. The first-order valence-corrected chi connectivity index (χ1v) is 7.40. The number of rotatable bonds is 7. The van der Waals surface area contributed by atoms with E-state index in [1.54, 1.807) is 0 Å². The lowest BCUT2D eigenvalue weighted by atomic mass is 10.2. The fourth-order valence-corrected chi connectivity index (χ4v) is 2.32. The maximum atomic E-state index is 11.3. The lowest BCUT2D eigenvalue weighted by molar-refractivity contribution is -0.137. The van der Waals surface area contributed by atoms with Gasteiger partial charge in [-0.05, 0) is 31.0 Å². The summed E-state index contributed by atoms with van der Waals surface area (Å²) in [6.45, 7) is 0.206. The van der Waals surface area contributed by atoms with Gasteiger partial charge in [0.2, 0.25) is 10.0 Å². The van der Waals surface area contributed by atoms with Crippen molar-refractivity contribution in [2.45, 2.75) is 24.2 Å². The summed E-state index contributed by atoms with van der Waals surface area (Å²) < 4.78 is 28.0. The normalized spacial score (nSPS) is 11.3. The van der Waals surface area contributed by atoms with Crippen LogP contribution in [0.1, 0.15) is 19.3 Å². The summed E-state index contributed by atoms with van der Waals surface area (Å²) in [6, 6.07) is 4.12. The van der Waals surface area contributed by atoms with E-state index in [1.165, 1.54) is 18.2 Å². The minimum absolute atomic E-state index is 0.0476. The van der Waals surface area contributed by atoms with Crippen molar-refractivity contribution in [1.82, 2.24) is 0 Å². The van der Waals surface area contributed by atoms with Gasteiger partial charge >= 0.3 is 5.97 Å². The van der Waals surface area contributed by atoms with Crippen molar-refractivity contribution >= 4 is 27.6 Å². The number of carboxylic acid groups (broad SMARTS) is 1. The van der Waals surface area contributed by atoms with Gasteiger partial charge in [-0.3, -0.25) is 4.79 Å². The lowest BCUT2D eigenvalue weighted by Gasteiger charge is -2.10. The van der Waals surface area contributed by atoms with Gasteiger partial charge in [0.1, 0.15) is 10.6 Å². The van der Waals surface area contributed by atoms with Crippen molar-refractivity contribution in [3.63, 3.8) is 0 Å². The molecule has 0 aliphatic heterocycles. The Hall–Kier alpha value is -1.31. The average Bonchev–Trinajstić information content (AvgIpc) is 2.28. The highest BCUT2D eigenvalue weighted by Crippen LogP contribution is 2.26. The van der Waals surface area contributed by atoms with E-state index in [-0.39, 0.29) is 28.7 Å². The van der Waals surface area contributed by atoms with Crippen LogP contribution in [-0.2, 0) is 14.8 Å². The van der Waals surface area contributed by atoms with Gasteiger partial charge in [0.25, 0.3) is 0 Å². The highest BCUT2D eigenvalue weighted by Gasteiger charge is 2.15. The van der Waals surface area contributed by atoms with Crippen LogP contribution in [0.2, 0.25) is 5.02 Å². The molecule has 1 rings (SSSR count). The largest absolute Gasteiger partial charge is 0.492 e. The van der Waals surface area contributed by atoms with Gasteiger partial charge in [-0.25, -0.2) is 13.6 Å². The number of benzene rings is 1. The highest BCUT2D eigenvalue weighted by atomic mass is 35.5. The Balaban J connectivity index is 2.66. The second-order valence-electron chi connectivity index (χ2n) is 3.84. The summed E-state index contributed by atoms with van der Waals surface area (Å²) in [5, 5.41) is 13.8. The van der Waals surface area contributed by atoms with Crippen LogP contribution in [-0.4, -0.2) is 26.1 Å². The van der Waals surface area contributed by atoms with Gasteiger partial charge in [-0.15, -0.1) is 0 Å². The maximum absolute atomic E-state index is 11.3. The molecule has 0 aliphatic carbocycles. The fourth-order valence-electron chi connectivity index (χ4n) is 1.38. The number of halogens is 1. The van der Waals surface area contributed by atoms with Gasteiger partial charge in [0, 0.05) is 11.4 Å². The number of ether oxygens (including phenoxy) is 1. The number of sulfonamides is 1. The number of hydrogen-bond donors (Lipinski definition) is 2. The molecule has 0 aliphatic rings. The summed E-state index contributed by atoms with van der Waals surface area (Å²) >= 11 is 5.70. The van der Waals surface area contributed by atoms with Crippen molar-refractivity contribution in [1.29, 1.82) is 0 Å². The molecule has 8 heteroatoms. The van der Waals surface area contributed by atoms with Crippen LogP contribution in [0, 0.1) is 0 Å². The zero-order valence-electron chi connectivity index (χ0n) is 10.0. The minimum atomic E-state index is -3.92.